The molecule has 0 atom stereocenters. The minimum Gasteiger partial charge on any atom is -0.478 e. The molecule has 0 amide bonds. The minimum absolute atomic E-state index is 0.0754. The number of nitrogens with one attached hydrogen (secondary N) is 1. The molecule has 4 rings (SSSR count). The van der Waals surface area contributed by atoms with Crippen LogP contribution in [0.15, 0.2) is 41.4 Å². The van der Waals surface area contributed by atoms with Crippen LogP contribution in [0.3, 0.4) is 0 Å². The molecule has 35 heavy (non-hydrogen) atoms. The number of hydrogen-bond donors (Lipinski definition) is 2. The molecule has 2 heterocycles. The first-order chi connectivity index (χ1) is 16.4. The van der Waals surface area contributed by atoms with Crippen LogP contribution in [0.5, 0.6) is 0 Å². The Bertz CT molecular complexity index is 1430. The van der Waals surface area contributed by atoms with Gasteiger partial charge >= 0.3 is 12.1 Å². The first-order valence-corrected chi connectivity index (χ1v) is 13.3. The van der Waals surface area contributed by atoms with E-state index in [4.69, 9.17) is 23.2 Å². The summed E-state index contributed by atoms with van der Waals surface area (Å²) in [6.45, 7) is 0.407. The number of thioether (sulfide) groups is 1. The van der Waals surface area contributed by atoms with Gasteiger partial charge in [-0.05, 0) is 30.3 Å². The molecular formula is C21H16Cl2F3N3O4S2. The van der Waals surface area contributed by atoms with Gasteiger partial charge in [0.25, 0.3) is 0 Å². The molecule has 0 bridgehead atoms. The number of carbonyl (C=O) groups is 1. The fourth-order valence-electron chi connectivity index (χ4n) is 3.65. The van der Waals surface area contributed by atoms with Crippen molar-refractivity contribution in [1.82, 2.24) is 9.29 Å². The van der Waals surface area contributed by atoms with Crippen molar-refractivity contribution in [3.63, 3.8) is 0 Å². The molecule has 0 spiro atoms. The van der Waals surface area contributed by atoms with Gasteiger partial charge in [-0.2, -0.15) is 29.2 Å². The Hall–Kier alpha value is -2.25. The van der Waals surface area contributed by atoms with Gasteiger partial charge in [-0.25, -0.2) is 13.2 Å². The molecule has 0 unspecified atom stereocenters. The number of fused-ring (bicyclic) bond motifs is 1. The number of carboxylic acid groups (broad SMARTS) is 1. The first-order valence-electron chi connectivity index (χ1n) is 9.97. The molecule has 7 nitrogen and oxygen atoms in total. The molecule has 14 heteroatoms. The minimum atomic E-state index is -4.83. The third-order valence-corrected chi connectivity index (χ3v) is 8.57. The molecule has 1 fully saturated rings. The average Bonchev–Trinajstić information content (AvgIpc) is 2.79. The van der Waals surface area contributed by atoms with Crippen LogP contribution in [-0.4, -0.2) is 53.4 Å². The Labute approximate surface area is 212 Å². The summed E-state index contributed by atoms with van der Waals surface area (Å²) in [7, 11) is -4.21. The number of sulfonamides is 1. The van der Waals surface area contributed by atoms with Gasteiger partial charge < -0.3 is 10.4 Å². The number of carboxylic acids is 1. The van der Waals surface area contributed by atoms with Gasteiger partial charge in [-0.15, -0.1) is 0 Å². The Balaban J connectivity index is 2.02. The van der Waals surface area contributed by atoms with Crippen LogP contribution in [0.25, 0.3) is 10.9 Å². The fraction of sp³-hybridized carbons (Fsp3) is 0.238. The van der Waals surface area contributed by atoms with Crippen LogP contribution < -0.4 is 5.32 Å². The summed E-state index contributed by atoms with van der Waals surface area (Å²) in [5.74, 6) is -0.277. The van der Waals surface area contributed by atoms with Crippen LogP contribution in [0.2, 0.25) is 10.0 Å². The van der Waals surface area contributed by atoms with Crippen molar-refractivity contribution in [3.8, 4) is 0 Å². The zero-order chi connectivity index (χ0) is 25.5. The predicted molar refractivity (Wildman–Crippen MR) is 130 cm³/mol. The maximum Gasteiger partial charge on any atom is 0.418 e. The first kappa shape index (κ1) is 25.8. The Kier molecular flexibility index (Phi) is 7.13. The fourth-order valence-corrected chi connectivity index (χ4v) is 6.72. The van der Waals surface area contributed by atoms with E-state index >= 15 is 0 Å². The highest BCUT2D eigenvalue weighted by molar-refractivity contribution is 7.99. The highest BCUT2D eigenvalue weighted by Gasteiger charge is 2.36. The molecule has 3 aromatic rings. The molecule has 2 aromatic carbocycles. The summed E-state index contributed by atoms with van der Waals surface area (Å²) in [6, 6.07) is 5.65. The number of benzene rings is 2. The van der Waals surface area contributed by atoms with E-state index in [2.05, 4.69) is 10.3 Å². The van der Waals surface area contributed by atoms with Gasteiger partial charge in [-0.3, -0.25) is 4.98 Å². The van der Waals surface area contributed by atoms with E-state index in [0.29, 0.717) is 17.6 Å². The lowest BCUT2D eigenvalue weighted by Gasteiger charge is -2.27. The topological polar surface area (TPSA) is 99.6 Å². The highest BCUT2D eigenvalue weighted by atomic mass is 35.5. The second-order valence-corrected chi connectivity index (χ2v) is 11.5. The number of aromatic carboxylic acids is 1. The zero-order valence-electron chi connectivity index (χ0n) is 17.6. The standard InChI is InChI=1S/C21H16Cl2F3N3O4S2/c22-11-1-2-16(13(7-11)20(30)31)28-19-14-8-12(23)9-15(21(24,25)26)18(14)27-10-17(19)35(32,33)29-3-5-34-6-4-29/h1-2,7-10H,3-6H2,(H,27,28)(H,30,31). The van der Waals surface area contributed by atoms with Gasteiger partial charge in [0.1, 0.15) is 4.90 Å². The van der Waals surface area contributed by atoms with Crippen LogP contribution >= 0.6 is 35.0 Å². The molecule has 1 aliphatic heterocycles. The SMILES string of the molecule is O=C(O)c1cc(Cl)ccc1Nc1c(S(=O)(=O)N2CCSCC2)cnc2c(C(F)(F)F)cc(Cl)cc12. The maximum atomic E-state index is 13.8. The molecule has 0 saturated carbocycles. The van der Waals surface area contributed by atoms with E-state index in [9.17, 15) is 31.5 Å². The lowest BCUT2D eigenvalue weighted by Crippen LogP contribution is -2.38. The van der Waals surface area contributed by atoms with Gasteiger partial charge in [0, 0.05) is 46.2 Å². The van der Waals surface area contributed by atoms with Gasteiger partial charge in [-0.1, -0.05) is 23.2 Å². The Morgan fingerprint density at radius 3 is 2.43 bits per heavy atom. The molecular weight excluding hydrogens is 550 g/mol. The van der Waals surface area contributed by atoms with Gasteiger partial charge in [0.05, 0.1) is 28.0 Å². The Morgan fingerprint density at radius 1 is 1.11 bits per heavy atom. The summed E-state index contributed by atoms with van der Waals surface area (Å²) >= 11 is 13.5. The van der Waals surface area contributed by atoms with Crippen LogP contribution in [0.1, 0.15) is 15.9 Å². The third-order valence-electron chi connectivity index (χ3n) is 5.27. The number of hydrogen-bond acceptors (Lipinski definition) is 6. The molecule has 0 aliphatic carbocycles. The van der Waals surface area contributed by atoms with E-state index in [0.717, 1.165) is 18.3 Å². The van der Waals surface area contributed by atoms with Crippen molar-refractivity contribution in [1.29, 1.82) is 0 Å². The average molecular weight is 566 g/mol. The number of pyridine rings is 1. The summed E-state index contributed by atoms with van der Waals surface area (Å²) in [5.41, 5.74) is -2.35. The second kappa shape index (κ2) is 9.66. The van der Waals surface area contributed by atoms with Crippen molar-refractivity contribution in [2.24, 2.45) is 0 Å². The monoisotopic (exact) mass is 565 g/mol. The van der Waals surface area contributed by atoms with Crippen molar-refractivity contribution in [3.05, 3.63) is 57.7 Å². The van der Waals surface area contributed by atoms with E-state index in [1.807, 2.05) is 0 Å². The molecule has 1 aliphatic rings. The summed E-state index contributed by atoms with van der Waals surface area (Å²) in [6.07, 6.45) is -3.98. The number of halogens is 5. The molecule has 186 valence electrons. The number of rotatable bonds is 5. The lowest BCUT2D eigenvalue weighted by molar-refractivity contribution is -0.136. The number of anilines is 2. The second-order valence-electron chi connectivity index (χ2n) is 7.48. The predicted octanol–water partition coefficient (Wildman–Crippen LogP) is 5.74. The van der Waals surface area contributed by atoms with E-state index in [1.54, 1.807) is 11.8 Å². The smallest absolute Gasteiger partial charge is 0.418 e. The quantitative estimate of drug-likeness (QED) is 0.407. The zero-order valence-corrected chi connectivity index (χ0v) is 20.7. The third kappa shape index (κ3) is 5.17. The summed E-state index contributed by atoms with van der Waals surface area (Å²) in [4.78, 5) is 15.2. The van der Waals surface area contributed by atoms with Crippen LogP contribution in [0, 0.1) is 0 Å². The molecule has 1 saturated heterocycles. The molecule has 0 radical (unpaired) electrons. The largest absolute Gasteiger partial charge is 0.478 e. The maximum absolute atomic E-state index is 13.8. The van der Waals surface area contributed by atoms with Crippen LogP contribution in [-0.2, 0) is 16.2 Å². The van der Waals surface area contributed by atoms with Crippen molar-refractivity contribution in [2.45, 2.75) is 11.1 Å². The van der Waals surface area contributed by atoms with E-state index in [1.165, 1.54) is 16.4 Å². The number of aromatic nitrogens is 1. The summed E-state index contributed by atoms with van der Waals surface area (Å²) in [5, 5.41) is 11.9. The number of alkyl halides is 3. The van der Waals surface area contributed by atoms with Crippen LogP contribution in [0.4, 0.5) is 24.5 Å². The van der Waals surface area contributed by atoms with Crippen molar-refractivity contribution in [2.75, 3.05) is 29.9 Å². The van der Waals surface area contributed by atoms with E-state index in [-0.39, 0.29) is 45.5 Å². The van der Waals surface area contributed by atoms with Gasteiger partial charge in [0.2, 0.25) is 10.0 Å². The van der Waals surface area contributed by atoms with Gasteiger partial charge in [0.15, 0.2) is 0 Å². The van der Waals surface area contributed by atoms with E-state index < -0.39 is 38.1 Å². The van der Waals surface area contributed by atoms with Crippen molar-refractivity contribution >= 4 is 73.2 Å². The highest BCUT2D eigenvalue weighted by Crippen LogP contribution is 2.42. The lowest BCUT2D eigenvalue weighted by atomic mass is 10.1. The summed E-state index contributed by atoms with van der Waals surface area (Å²) < 4.78 is 69.5. The van der Waals surface area contributed by atoms with Crippen molar-refractivity contribution < 1.29 is 31.5 Å². The number of nitrogens with zero attached hydrogens (tertiary/aromatic N) is 2. The molecule has 1 aromatic heterocycles. The Morgan fingerprint density at radius 2 is 1.80 bits per heavy atom. The molecule has 2 N–H and O–H groups in total. The normalized spacial score (nSPS) is 15.3.